The van der Waals surface area contributed by atoms with Gasteiger partial charge in [0.25, 0.3) is 0 Å². The molecule has 0 bridgehead atoms. The van der Waals surface area contributed by atoms with Gasteiger partial charge < -0.3 is 10.1 Å². The first-order valence-electron chi connectivity index (χ1n) is 6.05. The molecular formula is C14H22FNO. The summed E-state index contributed by atoms with van der Waals surface area (Å²) in [6.07, 6.45) is 0. The molecule has 1 N–H and O–H groups in total. The largest absolute Gasteiger partial charge is 0.497 e. The molecule has 0 radical (unpaired) electrons. The SMILES string of the molecule is COc1ccc(C(C)C(C)NC(C)C)c(F)c1. The molecule has 0 fully saturated rings. The monoisotopic (exact) mass is 239 g/mol. The average molecular weight is 239 g/mol. The number of rotatable bonds is 5. The molecule has 96 valence electrons. The standard InChI is InChI=1S/C14H22FNO/c1-9(2)16-11(4)10(3)13-7-6-12(17-5)8-14(13)15/h6-11,16H,1-5H3. The number of nitrogens with one attached hydrogen (secondary N) is 1. The predicted octanol–water partition coefficient (Wildman–Crippen LogP) is 3.32. The Morgan fingerprint density at radius 1 is 1.18 bits per heavy atom. The molecule has 2 atom stereocenters. The molecule has 2 nitrogen and oxygen atoms in total. The number of hydrogen-bond acceptors (Lipinski definition) is 2. The lowest BCUT2D eigenvalue weighted by atomic mass is 9.93. The first-order valence-corrected chi connectivity index (χ1v) is 6.05. The third kappa shape index (κ3) is 3.70. The molecular weight excluding hydrogens is 217 g/mol. The van der Waals surface area contributed by atoms with Crippen molar-refractivity contribution >= 4 is 0 Å². The third-order valence-corrected chi connectivity index (χ3v) is 3.04. The van der Waals surface area contributed by atoms with Gasteiger partial charge in [-0.3, -0.25) is 0 Å². The van der Waals surface area contributed by atoms with Crippen LogP contribution in [0.4, 0.5) is 4.39 Å². The fourth-order valence-corrected chi connectivity index (χ4v) is 1.94. The molecule has 0 amide bonds. The molecule has 0 aromatic heterocycles. The van der Waals surface area contributed by atoms with Crippen LogP contribution in [0.2, 0.25) is 0 Å². The van der Waals surface area contributed by atoms with Gasteiger partial charge in [-0.1, -0.05) is 26.8 Å². The summed E-state index contributed by atoms with van der Waals surface area (Å²) in [7, 11) is 1.54. The van der Waals surface area contributed by atoms with Gasteiger partial charge >= 0.3 is 0 Å². The van der Waals surface area contributed by atoms with E-state index in [1.54, 1.807) is 19.2 Å². The van der Waals surface area contributed by atoms with Crippen molar-refractivity contribution in [2.75, 3.05) is 7.11 Å². The quantitative estimate of drug-likeness (QED) is 0.851. The highest BCUT2D eigenvalue weighted by atomic mass is 19.1. The maximum absolute atomic E-state index is 13.9. The summed E-state index contributed by atoms with van der Waals surface area (Å²) in [5, 5.41) is 3.40. The summed E-state index contributed by atoms with van der Waals surface area (Å²) in [6, 6.07) is 5.68. The van der Waals surface area contributed by atoms with Crippen molar-refractivity contribution in [3.63, 3.8) is 0 Å². The van der Waals surface area contributed by atoms with Crippen molar-refractivity contribution in [3.8, 4) is 5.75 Å². The highest BCUT2D eigenvalue weighted by Gasteiger charge is 2.18. The molecule has 0 aliphatic rings. The van der Waals surface area contributed by atoms with Crippen molar-refractivity contribution in [3.05, 3.63) is 29.6 Å². The van der Waals surface area contributed by atoms with E-state index in [-0.39, 0.29) is 17.8 Å². The van der Waals surface area contributed by atoms with Crippen LogP contribution in [0.3, 0.4) is 0 Å². The van der Waals surface area contributed by atoms with E-state index in [1.165, 1.54) is 6.07 Å². The van der Waals surface area contributed by atoms with Crippen LogP contribution in [-0.4, -0.2) is 19.2 Å². The van der Waals surface area contributed by atoms with Crippen LogP contribution in [0, 0.1) is 5.82 Å². The van der Waals surface area contributed by atoms with Crippen molar-refractivity contribution < 1.29 is 9.13 Å². The van der Waals surface area contributed by atoms with E-state index < -0.39 is 0 Å². The van der Waals surface area contributed by atoms with Gasteiger partial charge in [-0.15, -0.1) is 0 Å². The summed E-state index contributed by atoms with van der Waals surface area (Å²) >= 11 is 0. The molecule has 0 aliphatic heterocycles. The van der Waals surface area contributed by atoms with E-state index in [2.05, 4.69) is 26.1 Å². The Labute approximate surface area is 103 Å². The second kappa shape index (κ2) is 6.01. The van der Waals surface area contributed by atoms with E-state index in [9.17, 15) is 4.39 Å². The van der Waals surface area contributed by atoms with E-state index in [1.807, 2.05) is 6.92 Å². The molecule has 0 spiro atoms. The highest BCUT2D eigenvalue weighted by molar-refractivity contribution is 5.31. The summed E-state index contributed by atoms with van der Waals surface area (Å²) in [4.78, 5) is 0. The summed E-state index contributed by atoms with van der Waals surface area (Å²) in [5.74, 6) is 0.487. The van der Waals surface area contributed by atoms with Crippen LogP contribution in [0.15, 0.2) is 18.2 Å². The minimum absolute atomic E-state index is 0.128. The highest BCUT2D eigenvalue weighted by Crippen LogP contribution is 2.25. The smallest absolute Gasteiger partial charge is 0.130 e. The predicted molar refractivity (Wildman–Crippen MR) is 69.1 cm³/mol. The number of halogens is 1. The maximum Gasteiger partial charge on any atom is 0.130 e. The van der Waals surface area contributed by atoms with Gasteiger partial charge in [-0.25, -0.2) is 4.39 Å². The van der Waals surface area contributed by atoms with Gasteiger partial charge in [0.2, 0.25) is 0 Å². The minimum Gasteiger partial charge on any atom is -0.497 e. The van der Waals surface area contributed by atoms with Crippen molar-refractivity contribution in [2.45, 2.75) is 45.7 Å². The second-order valence-electron chi connectivity index (χ2n) is 4.79. The van der Waals surface area contributed by atoms with Crippen LogP contribution >= 0.6 is 0 Å². The fraction of sp³-hybridized carbons (Fsp3) is 0.571. The van der Waals surface area contributed by atoms with Crippen LogP contribution in [0.1, 0.15) is 39.2 Å². The molecule has 1 rings (SSSR count). The van der Waals surface area contributed by atoms with Crippen LogP contribution in [-0.2, 0) is 0 Å². The van der Waals surface area contributed by atoms with E-state index in [4.69, 9.17) is 4.74 Å². The van der Waals surface area contributed by atoms with E-state index in [0.29, 0.717) is 11.8 Å². The van der Waals surface area contributed by atoms with Crippen molar-refractivity contribution in [1.29, 1.82) is 0 Å². The van der Waals surface area contributed by atoms with Gasteiger partial charge in [0.15, 0.2) is 0 Å². The first kappa shape index (κ1) is 14.0. The Balaban J connectivity index is 2.84. The van der Waals surface area contributed by atoms with Gasteiger partial charge in [-0.05, 0) is 24.5 Å². The Kier molecular flexibility index (Phi) is 4.94. The van der Waals surface area contributed by atoms with Crippen molar-refractivity contribution in [1.82, 2.24) is 5.32 Å². The lowest BCUT2D eigenvalue weighted by Crippen LogP contribution is -2.36. The molecule has 2 unspecified atom stereocenters. The van der Waals surface area contributed by atoms with Crippen LogP contribution in [0.25, 0.3) is 0 Å². The lowest BCUT2D eigenvalue weighted by Gasteiger charge is -2.24. The summed E-state index contributed by atoms with van der Waals surface area (Å²) < 4.78 is 18.9. The van der Waals surface area contributed by atoms with Crippen molar-refractivity contribution in [2.24, 2.45) is 0 Å². The Morgan fingerprint density at radius 2 is 1.82 bits per heavy atom. The Bertz CT molecular complexity index is 365. The number of hydrogen-bond donors (Lipinski definition) is 1. The average Bonchev–Trinajstić information content (AvgIpc) is 2.27. The number of methoxy groups -OCH3 is 1. The Hall–Kier alpha value is -1.09. The zero-order chi connectivity index (χ0) is 13.0. The molecule has 0 saturated heterocycles. The fourth-order valence-electron chi connectivity index (χ4n) is 1.94. The van der Waals surface area contributed by atoms with E-state index >= 15 is 0 Å². The minimum atomic E-state index is -0.200. The van der Waals surface area contributed by atoms with Gasteiger partial charge in [0.1, 0.15) is 11.6 Å². The topological polar surface area (TPSA) is 21.3 Å². The lowest BCUT2D eigenvalue weighted by molar-refractivity contribution is 0.405. The van der Waals surface area contributed by atoms with Gasteiger partial charge in [-0.2, -0.15) is 0 Å². The zero-order valence-corrected chi connectivity index (χ0v) is 11.3. The summed E-state index contributed by atoms with van der Waals surface area (Å²) in [5.41, 5.74) is 0.728. The first-order chi connectivity index (χ1) is 7.95. The van der Waals surface area contributed by atoms with E-state index in [0.717, 1.165) is 5.56 Å². The number of ether oxygens (including phenoxy) is 1. The third-order valence-electron chi connectivity index (χ3n) is 3.04. The maximum atomic E-state index is 13.9. The molecule has 1 aromatic carbocycles. The Morgan fingerprint density at radius 3 is 2.29 bits per heavy atom. The molecule has 0 heterocycles. The normalized spacial score (nSPS) is 14.8. The number of benzene rings is 1. The zero-order valence-electron chi connectivity index (χ0n) is 11.3. The molecule has 3 heteroatoms. The van der Waals surface area contributed by atoms with Crippen LogP contribution < -0.4 is 10.1 Å². The molecule has 17 heavy (non-hydrogen) atoms. The molecule has 1 aromatic rings. The second-order valence-corrected chi connectivity index (χ2v) is 4.79. The van der Waals surface area contributed by atoms with Gasteiger partial charge in [0, 0.05) is 18.2 Å². The van der Waals surface area contributed by atoms with Crippen LogP contribution in [0.5, 0.6) is 5.75 Å². The summed E-state index contributed by atoms with van der Waals surface area (Å²) in [6.45, 7) is 8.29. The van der Waals surface area contributed by atoms with Gasteiger partial charge in [0.05, 0.1) is 7.11 Å². The molecule has 0 aliphatic carbocycles. The molecule has 0 saturated carbocycles.